The summed E-state index contributed by atoms with van der Waals surface area (Å²) in [6, 6.07) is 9.05. The van der Waals surface area contributed by atoms with E-state index in [1.807, 2.05) is 0 Å². The van der Waals surface area contributed by atoms with Crippen LogP contribution in [0.3, 0.4) is 0 Å². The van der Waals surface area contributed by atoms with E-state index in [0.29, 0.717) is 5.69 Å². The maximum Gasteiger partial charge on any atom is 0.319 e. The van der Waals surface area contributed by atoms with Crippen molar-refractivity contribution >= 4 is 11.7 Å². The molecule has 5 nitrogen and oxygen atoms in total. The summed E-state index contributed by atoms with van der Waals surface area (Å²) in [6.07, 6.45) is -1.06. The SMILES string of the molecule is O=C(NCC(O)CO)Nc1cccc(-c2c(F)cccc2F)c1. The zero-order valence-corrected chi connectivity index (χ0v) is 12.1. The van der Waals surface area contributed by atoms with Crippen LogP contribution in [0.2, 0.25) is 0 Å². The summed E-state index contributed by atoms with van der Waals surface area (Å²) < 4.78 is 27.6. The normalized spacial score (nSPS) is 11.8. The number of amides is 2. The van der Waals surface area contributed by atoms with Crippen LogP contribution < -0.4 is 10.6 Å². The largest absolute Gasteiger partial charge is 0.394 e. The molecule has 2 amide bonds. The fraction of sp³-hybridized carbons (Fsp3) is 0.188. The Morgan fingerprint density at radius 1 is 1.13 bits per heavy atom. The van der Waals surface area contributed by atoms with Gasteiger partial charge >= 0.3 is 6.03 Å². The summed E-state index contributed by atoms with van der Waals surface area (Å²) in [5.41, 5.74) is 0.446. The molecule has 0 spiro atoms. The molecule has 0 bridgehead atoms. The monoisotopic (exact) mass is 322 g/mol. The predicted octanol–water partition coefficient (Wildman–Crippen LogP) is 2.11. The van der Waals surface area contributed by atoms with E-state index in [2.05, 4.69) is 10.6 Å². The Bertz CT molecular complexity index is 675. The minimum absolute atomic E-state index is 0.121. The van der Waals surface area contributed by atoms with E-state index in [9.17, 15) is 13.6 Å². The van der Waals surface area contributed by atoms with Crippen LogP contribution in [-0.2, 0) is 0 Å². The third kappa shape index (κ3) is 4.48. The van der Waals surface area contributed by atoms with E-state index in [1.54, 1.807) is 12.1 Å². The van der Waals surface area contributed by atoms with Crippen molar-refractivity contribution in [3.63, 3.8) is 0 Å². The highest BCUT2D eigenvalue weighted by Gasteiger charge is 2.12. The van der Waals surface area contributed by atoms with Crippen LogP contribution in [0, 0.1) is 11.6 Å². The summed E-state index contributed by atoms with van der Waals surface area (Å²) in [4.78, 5) is 11.7. The van der Waals surface area contributed by atoms with Gasteiger partial charge in [-0.25, -0.2) is 13.6 Å². The van der Waals surface area contributed by atoms with Gasteiger partial charge < -0.3 is 20.8 Å². The first-order chi connectivity index (χ1) is 11.0. The summed E-state index contributed by atoms with van der Waals surface area (Å²) in [5, 5.41) is 22.6. The van der Waals surface area contributed by atoms with Crippen LogP contribution in [0.25, 0.3) is 11.1 Å². The van der Waals surface area contributed by atoms with E-state index in [-0.39, 0.29) is 17.7 Å². The van der Waals surface area contributed by atoms with Gasteiger partial charge in [-0.15, -0.1) is 0 Å². The molecule has 23 heavy (non-hydrogen) atoms. The third-order valence-electron chi connectivity index (χ3n) is 3.08. The first-order valence-electron chi connectivity index (χ1n) is 6.89. The van der Waals surface area contributed by atoms with Gasteiger partial charge in [0.25, 0.3) is 0 Å². The lowest BCUT2D eigenvalue weighted by Crippen LogP contribution is -2.36. The molecule has 0 aliphatic heterocycles. The number of carbonyl (C=O) groups excluding carboxylic acids is 1. The van der Waals surface area contributed by atoms with E-state index in [0.717, 1.165) is 12.1 Å². The number of halogens is 2. The molecular weight excluding hydrogens is 306 g/mol. The van der Waals surface area contributed by atoms with E-state index < -0.39 is 30.4 Å². The van der Waals surface area contributed by atoms with Gasteiger partial charge in [0.1, 0.15) is 11.6 Å². The molecule has 2 rings (SSSR count). The van der Waals surface area contributed by atoms with Crippen LogP contribution in [0.5, 0.6) is 0 Å². The number of anilines is 1. The maximum atomic E-state index is 13.8. The number of urea groups is 1. The highest BCUT2D eigenvalue weighted by atomic mass is 19.1. The lowest BCUT2D eigenvalue weighted by molar-refractivity contribution is 0.0965. The number of aliphatic hydroxyl groups is 2. The zero-order valence-electron chi connectivity index (χ0n) is 12.1. The first kappa shape index (κ1) is 16.9. The van der Waals surface area contributed by atoms with Crippen molar-refractivity contribution in [2.24, 2.45) is 0 Å². The topological polar surface area (TPSA) is 81.6 Å². The van der Waals surface area contributed by atoms with Gasteiger partial charge in [0.05, 0.1) is 18.3 Å². The average molecular weight is 322 g/mol. The molecular formula is C16H16F2N2O3. The minimum Gasteiger partial charge on any atom is -0.394 e. The minimum atomic E-state index is -1.06. The lowest BCUT2D eigenvalue weighted by atomic mass is 10.0. The molecule has 2 aromatic rings. The summed E-state index contributed by atoms with van der Waals surface area (Å²) in [7, 11) is 0. The van der Waals surface area contributed by atoms with E-state index in [4.69, 9.17) is 10.2 Å². The van der Waals surface area contributed by atoms with Gasteiger partial charge in [0.15, 0.2) is 0 Å². The van der Waals surface area contributed by atoms with Gasteiger partial charge in [0.2, 0.25) is 0 Å². The first-order valence-corrected chi connectivity index (χ1v) is 6.89. The number of hydrogen-bond donors (Lipinski definition) is 4. The van der Waals surface area contributed by atoms with Crippen LogP contribution in [-0.4, -0.2) is 35.5 Å². The van der Waals surface area contributed by atoms with Gasteiger partial charge in [-0.2, -0.15) is 0 Å². The molecule has 4 N–H and O–H groups in total. The number of carbonyl (C=O) groups is 1. The summed E-state index contributed by atoms with van der Waals surface area (Å²) >= 11 is 0. The highest BCUT2D eigenvalue weighted by Crippen LogP contribution is 2.27. The lowest BCUT2D eigenvalue weighted by Gasteiger charge is -2.11. The van der Waals surface area contributed by atoms with Gasteiger partial charge in [-0.1, -0.05) is 18.2 Å². The van der Waals surface area contributed by atoms with E-state index in [1.165, 1.54) is 18.2 Å². The van der Waals surface area contributed by atoms with Crippen molar-refractivity contribution in [3.8, 4) is 11.1 Å². The fourth-order valence-electron chi connectivity index (χ4n) is 1.98. The van der Waals surface area contributed by atoms with Gasteiger partial charge in [0, 0.05) is 12.2 Å². The van der Waals surface area contributed by atoms with Crippen molar-refractivity contribution in [3.05, 3.63) is 54.1 Å². The molecule has 1 atom stereocenters. The molecule has 0 aliphatic rings. The number of benzene rings is 2. The maximum absolute atomic E-state index is 13.8. The van der Waals surface area contributed by atoms with E-state index >= 15 is 0 Å². The Morgan fingerprint density at radius 3 is 2.43 bits per heavy atom. The molecule has 122 valence electrons. The number of rotatable bonds is 5. The zero-order chi connectivity index (χ0) is 16.8. The molecule has 7 heteroatoms. The van der Waals surface area contributed by atoms with Crippen LogP contribution in [0.4, 0.5) is 19.3 Å². The standard InChI is InChI=1S/C16H16F2N2O3/c17-13-5-2-6-14(18)15(13)10-3-1-4-11(7-10)20-16(23)19-8-12(22)9-21/h1-7,12,21-22H,8-9H2,(H2,19,20,23). The quantitative estimate of drug-likeness (QED) is 0.680. The second kappa shape index (κ2) is 7.66. The fourth-order valence-corrected chi connectivity index (χ4v) is 1.98. The molecule has 0 heterocycles. The van der Waals surface area contributed by atoms with Gasteiger partial charge in [-0.05, 0) is 29.8 Å². The average Bonchev–Trinajstić information content (AvgIpc) is 2.53. The Morgan fingerprint density at radius 2 is 1.78 bits per heavy atom. The molecule has 1 unspecified atom stereocenters. The van der Waals surface area contributed by atoms with Crippen molar-refractivity contribution in [2.75, 3.05) is 18.5 Å². The Kier molecular flexibility index (Phi) is 5.61. The summed E-state index contributed by atoms with van der Waals surface area (Å²) in [6.45, 7) is -0.591. The molecule has 0 saturated heterocycles. The number of nitrogens with one attached hydrogen (secondary N) is 2. The molecule has 2 aromatic carbocycles. The Labute approximate surface area is 131 Å². The van der Waals surface area contributed by atoms with Crippen LogP contribution in [0.15, 0.2) is 42.5 Å². The van der Waals surface area contributed by atoms with Crippen molar-refractivity contribution in [1.29, 1.82) is 0 Å². The summed E-state index contributed by atoms with van der Waals surface area (Å²) in [5.74, 6) is -1.39. The third-order valence-corrected chi connectivity index (χ3v) is 3.08. The molecule has 0 fully saturated rings. The smallest absolute Gasteiger partial charge is 0.319 e. The highest BCUT2D eigenvalue weighted by molar-refractivity contribution is 5.90. The Balaban J connectivity index is 2.13. The second-order valence-corrected chi connectivity index (χ2v) is 4.85. The number of aliphatic hydroxyl groups excluding tert-OH is 2. The molecule has 0 aromatic heterocycles. The molecule has 0 aliphatic carbocycles. The predicted molar refractivity (Wildman–Crippen MR) is 81.9 cm³/mol. The van der Waals surface area contributed by atoms with Crippen molar-refractivity contribution in [1.82, 2.24) is 5.32 Å². The van der Waals surface area contributed by atoms with Crippen LogP contribution >= 0.6 is 0 Å². The molecule has 0 radical (unpaired) electrons. The van der Waals surface area contributed by atoms with Crippen LogP contribution in [0.1, 0.15) is 0 Å². The second-order valence-electron chi connectivity index (χ2n) is 4.85. The molecule has 0 saturated carbocycles. The number of hydrogen-bond acceptors (Lipinski definition) is 3. The van der Waals surface area contributed by atoms with Crippen molar-refractivity contribution < 1.29 is 23.8 Å². The van der Waals surface area contributed by atoms with Crippen molar-refractivity contribution in [2.45, 2.75) is 6.10 Å². The van der Waals surface area contributed by atoms with Gasteiger partial charge in [-0.3, -0.25) is 0 Å². The Hall–Kier alpha value is -2.51.